The summed E-state index contributed by atoms with van der Waals surface area (Å²) in [5.74, 6) is -0.767. The number of carboxylic acid groups (broad SMARTS) is 1. The highest BCUT2D eigenvalue weighted by atomic mass is 35.5. The molecule has 0 saturated carbocycles. The molecule has 0 aliphatic rings. The van der Waals surface area contributed by atoms with E-state index in [1.54, 1.807) is 6.92 Å². The van der Waals surface area contributed by atoms with Crippen LogP contribution in [0.4, 0.5) is 0 Å². The Bertz CT molecular complexity index is 549. The highest BCUT2D eigenvalue weighted by molar-refractivity contribution is 6.48. The lowest BCUT2D eigenvalue weighted by Crippen LogP contribution is -2.46. The Kier molecular flexibility index (Phi) is 7.96. The fourth-order valence-corrected chi connectivity index (χ4v) is 3.58. The number of aliphatic carboxylic acids is 1. The van der Waals surface area contributed by atoms with Gasteiger partial charge in [0.05, 0.1) is 20.1 Å². The van der Waals surface area contributed by atoms with Gasteiger partial charge in [-0.25, -0.2) is 0 Å². The normalized spacial score (nSPS) is 15.3. The zero-order valence-corrected chi connectivity index (χ0v) is 16.2. The first kappa shape index (κ1) is 20.9. The van der Waals surface area contributed by atoms with Gasteiger partial charge in [-0.1, -0.05) is 66.2 Å². The number of rotatable bonds is 8. The Hall–Kier alpha value is -0.190. The van der Waals surface area contributed by atoms with Crippen LogP contribution in [0, 0.1) is 5.92 Å². The zero-order chi connectivity index (χ0) is 17.8. The molecule has 0 amide bonds. The molecule has 3 N–H and O–H groups in total. The SMILES string of the molecule is CCC(CCCc1c(Cl)c(Cl)cc(Cl)c1Cl)CC(C)(N)C(=O)O. The Balaban J connectivity index is 2.71. The van der Waals surface area contributed by atoms with E-state index in [0.717, 1.165) is 24.8 Å². The average Bonchev–Trinajstić information content (AvgIpc) is 2.47. The van der Waals surface area contributed by atoms with Crippen LogP contribution in [0.1, 0.15) is 45.1 Å². The van der Waals surface area contributed by atoms with Crippen molar-refractivity contribution in [3.05, 3.63) is 31.7 Å². The molecule has 130 valence electrons. The lowest BCUT2D eigenvalue weighted by Gasteiger charge is -2.25. The Morgan fingerprint density at radius 2 is 1.78 bits per heavy atom. The van der Waals surface area contributed by atoms with Crippen LogP contribution in [0.15, 0.2) is 6.07 Å². The molecule has 2 atom stereocenters. The first-order chi connectivity index (χ1) is 10.6. The summed E-state index contributed by atoms with van der Waals surface area (Å²) in [6.45, 7) is 3.57. The van der Waals surface area contributed by atoms with Gasteiger partial charge in [0.2, 0.25) is 0 Å². The fraction of sp³-hybridized carbons (Fsp3) is 0.562. The first-order valence-corrected chi connectivity index (χ1v) is 8.95. The minimum atomic E-state index is -1.21. The van der Waals surface area contributed by atoms with Gasteiger partial charge >= 0.3 is 5.97 Å². The van der Waals surface area contributed by atoms with Crippen LogP contribution < -0.4 is 5.73 Å². The van der Waals surface area contributed by atoms with Crippen molar-refractivity contribution in [1.82, 2.24) is 0 Å². The minimum absolute atomic E-state index is 0.216. The largest absolute Gasteiger partial charge is 0.480 e. The van der Waals surface area contributed by atoms with Gasteiger partial charge in [0.25, 0.3) is 0 Å². The smallest absolute Gasteiger partial charge is 0.323 e. The van der Waals surface area contributed by atoms with Crippen LogP contribution in [0.2, 0.25) is 20.1 Å². The van der Waals surface area contributed by atoms with Gasteiger partial charge in [0.1, 0.15) is 5.54 Å². The second-order valence-corrected chi connectivity index (χ2v) is 7.61. The van der Waals surface area contributed by atoms with Crippen LogP contribution >= 0.6 is 46.4 Å². The van der Waals surface area contributed by atoms with Crippen molar-refractivity contribution in [2.45, 2.75) is 51.5 Å². The summed E-state index contributed by atoms with van der Waals surface area (Å²) >= 11 is 24.4. The average molecular weight is 401 g/mol. The van der Waals surface area contributed by atoms with E-state index < -0.39 is 11.5 Å². The van der Waals surface area contributed by atoms with E-state index in [1.165, 1.54) is 6.07 Å². The third-order valence-corrected chi connectivity index (χ3v) is 5.67. The van der Waals surface area contributed by atoms with Crippen molar-refractivity contribution in [2.24, 2.45) is 11.7 Å². The number of hydrogen-bond donors (Lipinski definition) is 2. The molecule has 0 fully saturated rings. The Morgan fingerprint density at radius 1 is 1.26 bits per heavy atom. The molecule has 3 nitrogen and oxygen atoms in total. The quantitative estimate of drug-likeness (QED) is 0.538. The van der Waals surface area contributed by atoms with E-state index in [-0.39, 0.29) is 5.92 Å². The maximum absolute atomic E-state index is 11.1. The van der Waals surface area contributed by atoms with E-state index in [0.29, 0.717) is 32.9 Å². The van der Waals surface area contributed by atoms with Crippen molar-refractivity contribution in [1.29, 1.82) is 0 Å². The second kappa shape index (κ2) is 8.77. The predicted molar refractivity (Wildman–Crippen MR) is 98.0 cm³/mol. The number of nitrogens with two attached hydrogens (primary N) is 1. The highest BCUT2D eigenvalue weighted by Gasteiger charge is 2.30. The van der Waals surface area contributed by atoms with Gasteiger partial charge in [0, 0.05) is 0 Å². The van der Waals surface area contributed by atoms with Crippen LogP contribution in [-0.2, 0) is 11.2 Å². The molecular weight excluding hydrogens is 380 g/mol. The standard InChI is InChI=1S/C16H21Cl4NO2/c1-3-9(8-16(2,21)15(22)23)5-4-6-10-13(19)11(17)7-12(18)14(10)20/h7,9H,3-6,8,21H2,1-2H3,(H,22,23). The van der Waals surface area contributed by atoms with Crippen LogP contribution in [0.5, 0.6) is 0 Å². The molecule has 1 rings (SSSR count). The Labute approximate surface area is 157 Å². The zero-order valence-electron chi connectivity index (χ0n) is 13.1. The number of carboxylic acids is 1. The van der Waals surface area contributed by atoms with Gasteiger partial charge in [-0.05, 0) is 43.7 Å². The van der Waals surface area contributed by atoms with Crippen LogP contribution in [0.3, 0.4) is 0 Å². The maximum atomic E-state index is 11.1. The summed E-state index contributed by atoms with van der Waals surface area (Å²) < 4.78 is 0. The van der Waals surface area contributed by atoms with Crippen LogP contribution in [-0.4, -0.2) is 16.6 Å². The lowest BCUT2D eigenvalue weighted by atomic mass is 9.85. The van der Waals surface area contributed by atoms with Crippen molar-refractivity contribution < 1.29 is 9.90 Å². The lowest BCUT2D eigenvalue weighted by molar-refractivity contribution is -0.143. The van der Waals surface area contributed by atoms with Crippen LogP contribution in [0.25, 0.3) is 0 Å². The summed E-state index contributed by atoms with van der Waals surface area (Å²) in [5.41, 5.74) is 5.35. The van der Waals surface area contributed by atoms with E-state index in [2.05, 4.69) is 0 Å². The monoisotopic (exact) mass is 399 g/mol. The van der Waals surface area contributed by atoms with Gasteiger partial charge < -0.3 is 10.8 Å². The molecular formula is C16H21Cl4NO2. The molecule has 0 saturated heterocycles. The number of hydrogen-bond acceptors (Lipinski definition) is 2. The summed E-state index contributed by atoms with van der Waals surface area (Å²) in [6.07, 6.45) is 3.54. The second-order valence-electron chi connectivity index (χ2n) is 6.04. The van der Waals surface area contributed by atoms with E-state index in [9.17, 15) is 4.79 Å². The maximum Gasteiger partial charge on any atom is 0.323 e. The van der Waals surface area contributed by atoms with Crippen molar-refractivity contribution >= 4 is 52.4 Å². The van der Waals surface area contributed by atoms with Crippen molar-refractivity contribution in [3.8, 4) is 0 Å². The number of benzene rings is 1. The molecule has 0 aromatic heterocycles. The molecule has 0 bridgehead atoms. The molecule has 1 aromatic rings. The third-order valence-electron chi connectivity index (χ3n) is 4.02. The number of carbonyl (C=O) groups is 1. The van der Waals surface area contributed by atoms with Crippen molar-refractivity contribution in [2.75, 3.05) is 0 Å². The molecule has 0 aliphatic heterocycles. The highest BCUT2D eigenvalue weighted by Crippen LogP contribution is 2.38. The van der Waals surface area contributed by atoms with E-state index >= 15 is 0 Å². The predicted octanol–water partition coefficient (Wildman–Crippen LogP) is 5.84. The topological polar surface area (TPSA) is 63.3 Å². The molecule has 0 aliphatic carbocycles. The van der Waals surface area contributed by atoms with Crippen molar-refractivity contribution in [3.63, 3.8) is 0 Å². The summed E-state index contributed by atoms with van der Waals surface area (Å²) in [4.78, 5) is 11.1. The van der Waals surface area contributed by atoms with E-state index in [4.69, 9.17) is 57.2 Å². The molecule has 0 heterocycles. The summed E-state index contributed by atoms with van der Waals surface area (Å²) in [5, 5.41) is 10.7. The Morgan fingerprint density at radius 3 is 2.22 bits per heavy atom. The molecule has 0 radical (unpaired) electrons. The summed E-state index contributed by atoms with van der Waals surface area (Å²) in [7, 11) is 0. The third kappa shape index (κ3) is 5.68. The molecule has 2 unspecified atom stereocenters. The number of halogens is 4. The molecule has 0 spiro atoms. The summed E-state index contributed by atoms with van der Waals surface area (Å²) in [6, 6.07) is 1.53. The van der Waals surface area contributed by atoms with E-state index in [1.807, 2.05) is 6.92 Å². The first-order valence-electron chi connectivity index (χ1n) is 7.44. The fourth-order valence-electron chi connectivity index (χ4n) is 2.55. The van der Waals surface area contributed by atoms with Gasteiger partial charge in [0.15, 0.2) is 0 Å². The molecule has 1 aromatic carbocycles. The molecule has 23 heavy (non-hydrogen) atoms. The van der Waals surface area contributed by atoms with Gasteiger partial charge in [-0.2, -0.15) is 0 Å². The van der Waals surface area contributed by atoms with Gasteiger partial charge in [-0.3, -0.25) is 4.79 Å². The van der Waals surface area contributed by atoms with Gasteiger partial charge in [-0.15, -0.1) is 0 Å². The minimum Gasteiger partial charge on any atom is -0.480 e. The molecule has 7 heteroatoms.